The maximum atomic E-state index is 10.1. The van der Waals surface area contributed by atoms with Crippen molar-refractivity contribution >= 4 is 0 Å². The van der Waals surface area contributed by atoms with Crippen LogP contribution in [0.3, 0.4) is 0 Å². The molecule has 0 radical (unpaired) electrons. The molecular formula is C23H32O2. The lowest BCUT2D eigenvalue weighted by atomic mass is 9.94. The lowest BCUT2D eigenvalue weighted by Crippen LogP contribution is -2.22. The van der Waals surface area contributed by atoms with Crippen molar-refractivity contribution in [3.63, 3.8) is 0 Å². The second-order valence-corrected chi connectivity index (χ2v) is 7.36. The third kappa shape index (κ3) is 7.01. The zero-order valence-corrected chi connectivity index (χ0v) is 15.7. The quantitative estimate of drug-likeness (QED) is 0.608. The molecule has 0 saturated heterocycles. The predicted octanol–water partition coefficient (Wildman–Crippen LogP) is 4.84. The summed E-state index contributed by atoms with van der Waals surface area (Å²) < 4.78 is 0. The number of unbranched alkanes of at least 4 members (excludes halogenated alkanes) is 1. The monoisotopic (exact) mass is 340 g/mol. The fourth-order valence-electron chi connectivity index (χ4n) is 3.12. The SMILES string of the molecule is CCC(C)(O)CCCCc1cccc(CCc2cccc(CO)c2)c1. The lowest BCUT2D eigenvalue weighted by Gasteiger charge is -2.20. The van der Waals surface area contributed by atoms with Crippen LogP contribution in [0.4, 0.5) is 0 Å². The van der Waals surface area contributed by atoms with Crippen LogP contribution < -0.4 is 0 Å². The molecule has 2 rings (SSSR count). The Hall–Kier alpha value is -1.64. The molecule has 2 N–H and O–H groups in total. The van der Waals surface area contributed by atoms with Crippen LogP contribution in [0, 0.1) is 0 Å². The normalized spacial score (nSPS) is 13.6. The summed E-state index contributed by atoms with van der Waals surface area (Å²) >= 11 is 0. The van der Waals surface area contributed by atoms with Crippen LogP contribution in [0.2, 0.25) is 0 Å². The highest BCUT2D eigenvalue weighted by atomic mass is 16.3. The summed E-state index contributed by atoms with van der Waals surface area (Å²) in [6.07, 6.45) is 6.99. The molecule has 0 saturated carbocycles. The molecule has 0 heterocycles. The number of hydrogen-bond acceptors (Lipinski definition) is 2. The van der Waals surface area contributed by atoms with Crippen LogP contribution in [0.25, 0.3) is 0 Å². The third-order valence-electron chi connectivity index (χ3n) is 5.06. The molecule has 2 aromatic rings. The van der Waals surface area contributed by atoms with Crippen LogP contribution in [-0.4, -0.2) is 15.8 Å². The van der Waals surface area contributed by atoms with Gasteiger partial charge >= 0.3 is 0 Å². The van der Waals surface area contributed by atoms with Gasteiger partial charge in [-0.1, -0.05) is 61.9 Å². The van der Waals surface area contributed by atoms with E-state index < -0.39 is 5.60 Å². The first-order valence-electron chi connectivity index (χ1n) is 9.51. The first kappa shape index (κ1) is 19.7. The fraction of sp³-hybridized carbons (Fsp3) is 0.478. The highest BCUT2D eigenvalue weighted by Gasteiger charge is 2.16. The Labute approximate surface area is 152 Å². The van der Waals surface area contributed by atoms with E-state index in [1.165, 1.54) is 16.7 Å². The van der Waals surface area contributed by atoms with Crippen LogP contribution in [-0.2, 0) is 25.9 Å². The number of benzene rings is 2. The lowest BCUT2D eigenvalue weighted by molar-refractivity contribution is 0.0444. The fourth-order valence-corrected chi connectivity index (χ4v) is 3.12. The largest absolute Gasteiger partial charge is 0.392 e. The van der Waals surface area contributed by atoms with Gasteiger partial charge in [0.05, 0.1) is 12.2 Å². The van der Waals surface area contributed by atoms with Gasteiger partial charge in [0.1, 0.15) is 0 Å². The molecule has 0 aliphatic heterocycles. The molecule has 2 aromatic carbocycles. The van der Waals surface area contributed by atoms with E-state index in [1.54, 1.807) is 0 Å². The summed E-state index contributed by atoms with van der Waals surface area (Å²) in [5.41, 5.74) is 4.50. The summed E-state index contributed by atoms with van der Waals surface area (Å²) in [4.78, 5) is 0. The van der Waals surface area contributed by atoms with Crippen LogP contribution in [0.5, 0.6) is 0 Å². The Morgan fingerprint density at radius 1 is 0.800 bits per heavy atom. The van der Waals surface area contributed by atoms with Gasteiger partial charge in [0.25, 0.3) is 0 Å². The van der Waals surface area contributed by atoms with E-state index in [1.807, 2.05) is 26.0 Å². The zero-order chi connectivity index (χ0) is 18.1. The van der Waals surface area contributed by atoms with Crippen molar-refractivity contribution < 1.29 is 10.2 Å². The van der Waals surface area contributed by atoms with Crippen molar-refractivity contribution in [3.05, 3.63) is 70.8 Å². The molecule has 2 heteroatoms. The molecule has 0 aliphatic carbocycles. The van der Waals surface area contributed by atoms with Crippen molar-refractivity contribution in [2.24, 2.45) is 0 Å². The van der Waals surface area contributed by atoms with E-state index in [-0.39, 0.29) is 6.61 Å². The predicted molar refractivity (Wildman–Crippen MR) is 105 cm³/mol. The summed E-state index contributed by atoms with van der Waals surface area (Å²) in [6, 6.07) is 17.1. The van der Waals surface area contributed by atoms with Gasteiger partial charge in [0, 0.05) is 0 Å². The van der Waals surface area contributed by atoms with E-state index >= 15 is 0 Å². The average molecular weight is 341 g/mol. The van der Waals surface area contributed by atoms with Gasteiger partial charge in [0.2, 0.25) is 0 Å². The van der Waals surface area contributed by atoms with Gasteiger partial charge in [-0.25, -0.2) is 0 Å². The molecule has 0 bridgehead atoms. The summed E-state index contributed by atoms with van der Waals surface area (Å²) in [5, 5.41) is 19.3. The van der Waals surface area contributed by atoms with Crippen molar-refractivity contribution in [2.45, 2.75) is 71.0 Å². The van der Waals surface area contributed by atoms with Crippen molar-refractivity contribution in [2.75, 3.05) is 0 Å². The minimum atomic E-state index is -0.509. The molecule has 0 amide bonds. The molecule has 2 nitrogen and oxygen atoms in total. The number of aryl methyl sites for hydroxylation is 3. The molecule has 0 aliphatic rings. The van der Waals surface area contributed by atoms with Crippen molar-refractivity contribution in [3.8, 4) is 0 Å². The molecule has 136 valence electrons. The van der Waals surface area contributed by atoms with Crippen LogP contribution in [0.15, 0.2) is 48.5 Å². The number of aliphatic hydroxyl groups excluding tert-OH is 1. The van der Waals surface area contributed by atoms with Crippen LogP contribution >= 0.6 is 0 Å². The van der Waals surface area contributed by atoms with Gasteiger partial charge in [-0.05, 0) is 67.7 Å². The molecule has 0 spiro atoms. The Bertz CT molecular complexity index is 646. The highest BCUT2D eigenvalue weighted by Crippen LogP contribution is 2.19. The second-order valence-electron chi connectivity index (χ2n) is 7.36. The van der Waals surface area contributed by atoms with E-state index in [4.69, 9.17) is 0 Å². The van der Waals surface area contributed by atoms with Crippen molar-refractivity contribution in [1.29, 1.82) is 0 Å². The number of rotatable bonds is 10. The Morgan fingerprint density at radius 3 is 1.88 bits per heavy atom. The Balaban J connectivity index is 1.82. The smallest absolute Gasteiger partial charge is 0.0681 e. The van der Waals surface area contributed by atoms with Gasteiger partial charge in [-0.15, -0.1) is 0 Å². The number of aliphatic hydroxyl groups is 2. The maximum Gasteiger partial charge on any atom is 0.0681 e. The third-order valence-corrected chi connectivity index (χ3v) is 5.06. The first-order valence-corrected chi connectivity index (χ1v) is 9.51. The molecular weight excluding hydrogens is 308 g/mol. The standard InChI is InChI=1S/C23H32O2/c1-3-23(2,25)15-5-4-8-19-9-6-10-20(16-19)13-14-21-11-7-12-22(17-21)18-24/h6-7,9-12,16-17,24-25H,3-5,8,13-15,18H2,1-2H3. The zero-order valence-electron chi connectivity index (χ0n) is 15.7. The number of hydrogen-bond donors (Lipinski definition) is 2. The summed E-state index contributed by atoms with van der Waals surface area (Å²) in [5.74, 6) is 0. The Morgan fingerprint density at radius 2 is 1.32 bits per heavy atom. The second kappa shape index (κ2) is 9.74. The van der Waals surface area contributed by atoms with E-state index in [0.717, 1.165) is 50.5 Å². The summed E-state index contributed by atoms with van der Waals surface area (Å²) in [7, 11) is 0. The maximum absolute atomic E-state index is 10.1. The van der Waals surface area contributed by atoms with Gasteiger partial charge in [0.15, 0.2) is 0 Å². The minimum absolute atomic E-state index is 0.105. The summed E-state index contributed by atoms with van der Waals surface area (Å²) in [6.45, 7) is 4.08. The van der Waals surface area contributed by atoms with E-state index in [0.29, 0.717) is 0 Å². The molecule has 0 fully saturated rings. The minimum Gasteiger partial charge on any atom is -0.392 e. The van der Waals surface area contributed by atoms with E-state index in [2.05, 4.69) is 36.4 Å². The topological polar surface area (TPSA) is 40.5 Å². The molecule has 1 unspecified atom stereocenters. The van der Waals surface area contributed by atoms with Crippen LogP contribution in [0.1, 0.15) is 61.8 Å². The molecule has 0 aromatic heterocycles. The van der Waals surface area contributed by atoms with Gasteiger partial charge in [-0.2, -0.15) is 0 Å². The highest BCUT2D eigenvalue weighted by molar-refractivity contribution is 5.27. The first-order chi connectivity index (χ1) is 12.0. The Kier molecular flexibility index (Phi) is 7.67. The van der Waals surface area contributed by atoms with Gasteiger partial charge in [-0.3, -0.25) is 0 Å². The molecule has 25 heavy (non-hydrogen) atoms. The average Bonchev–Trinajstić information content (AvgIpc) is 2.64. The van der Waals surface area contributed by atoms with Gasteiger partial charge < -0.3 is 10.2 Å². The molecule has 1 atom stereocenters. The van der Waals surface area contributed by atoms with Crippen molar-refractivity contribution in [1.82, 2.24) is 0 Å². The van der Waals surface area contributed by atoms with E-state index in [9.17, 15) is 10.2 Å².